The van der Waals surface area contributed by atoms with Gasteiger partial charge in [0.05, 0.1) is 15.2 Å². The molecule has 1 fully saturated rings. The molecule has 0 aromatic carbocycles. The highest BCUT2D eigenvalue weighted by Crippen LogP contribution is 2.29. The smallest absolute Gasteiger partial charge is 0.245 e. The molecule has 2 rings (SSSR count). The molecule has 2 atom stereocenters. The molecule has 0 spiro atoms. The maximum Gasteiger partial charge on any atom is 0.245 e. The van der Waals surface area contributed by atoms with E-state index in [2.05, 4.69) is 30.7 Å². The molecule has 1 aliphatic heterocycles. The third-order valence-electron chi connectivity index (χ3n) is 4.95. The second-order valence-corrected chi connectivity index (χ2v) is 13.8. The van der Waals surface area contributed by atoms with Gasteiger partial charge < -0.3 is 20.1 Å². The Kier molecular flexibility index (Phi) is 7.97. The van der Waals surface area contributed by atoms with E-state index in [0.717, 1.165) is 12.8 Å². The van der Waals surface area contributed by atoms with Gasteiger partial charge in [0, 0.05) is 31.7 Å². The van der Waals surface area contributed by atoms with E-state index in [1.54, 1.807) is 11.0 Å². The zero-order valence-electron chi connectivity index (χ0n) is 18.2. The van der Waals surface area contributed by atoms with Crippen LogP contribution in [0.3, 0.4) is 0 Å². The van der Waals surface area contributed by atoms with Crippen LogP contribution in [0.4, 0.5) is 0 Å². The van der Waals surface area contributed by atoms with E-state index >= 15 is 0 Å². The van der Waals surface area contributed by atoms with Crippen molar-refractivity contribution in [2.75, 3.05) is 20.2 Å². The van der Waals surface area contributed by atoms with Crippen molar-refractivity contribution in [1.82, 2.24) is 10.2 Å². The van der Waals surface area contributed by atoms with Crippen LogP contribution in [-0.4, -0.2) is 67.5 Å². The molecule has 0 bridgehead atoms. The lowest BCUT2D eigenvalue weighted by molar-refractivity contribution is -0.136. The van der Waals surface area contributed by atoms with Crippen molar-refractivity contribution in [3.63, 3.8) is 0 Å². The number of aliphatic hydroxyl groups is 1. The Hall–Kier alpha value is -2.45. The molecule has 2 N–H and O–H groups in total. The topological polar surface area (TPSA) is 95.9 Å². The van der Waals surface area contributed by atoms with Gasteiger partial charge in [-0.15, -0.1) is 0 Å². The van der Waals surface area contributed by atoms with Gasteiger partial charge in [-0.1, -0.05) is 37.5 Å². The van der Waals surface area contributed by atoms with Crippen molar-refractivity contribution < 1.29 is 24.2 Å². The van der Waals surface area contributed by atoms with E-state index < -0.39 is 25.6 Å². The Balaban J connectivity index is 2.17. The summed E-state index contributed by atoms with van der Waals surface area (Å²) in [5.41, 5.74) is 0.448. The van der Waals surface area contributed by atoms with Gasteiger partial charge in [-0.05, 0) is 25.0 Å². The first-order chi connectivity index (χ1) is 14.0. The van der Waals surface area contributed by atoms with Crippen LogP contribution in [0.25, 0.3) is 0 Å². The number of ether oxygens (including phenoxy) is 1. The predicted molar refractivity (Wildman–Crippen MR) is 118 cm³/mol. The molecular formula is C22H32N2O5Si. The van der Waals surface area contributed by atoms with Crippen molar-refractivity contribution in [1.29, 1.82) is 0 Å². The summed E-state index contributed by atoms with van der Waals surface area (Å²) in [7, 11) is -0.0127. The normalized spacial score (nSPS) is 23.2. The fourth-order valence-electron chi connectivity index (χ4n) is 3.38. The Labute approximate surface area is 179 Å². The van der Waals surface area contributed by atoms with Crippen molar-refractivity contribution in [2.45, 2.75) is 50.5 Å². The molecule has 164 valence electrons. The highest BCUT2D eigenvalue weighted by Gasteiger charge is 2.40. The molecule has 0 unspecified atom stereocenters. The van der Waals surface area contributed by atoms with E-state index in [1.165, 1.54) is 31.4 Å². The van der Waals surface area contributed by atoms with Gasteiger partial charge in [-0.2, -0.15) is 0 Å². The molecule has 0 aromatic heterocycles. The zero-order chi connectivity index (χ0) is 22.4. The number of ketones is 1. The molecule has 1 aliphatic carbocycles. The highest BCUT2D eigenvalue weighted by molar-refractivity contribution is 6.81. The van der Waals surface area contributed by atoms with Gasteiger partial charge >= 0.3 is 0 Å². The molecule has 30 heavy (non-hydrogen) atoms. The number of rotatable bonds is 8. The van der Waals surface area contributed by atoms with Crippen LogP contribution in [0.1, 0.15) is 19.3 Å². The summed E-state index contributed by atoms with van der Waals surface area (Å²) in [6.45, 7) is 7.81. The Morgan fingerprint density at radius 1 is 1.30 bits per heavy atom. The third kappa shape index (κ3) is 6.81. The Morgan fingerprint density at radius 3 is 2.57 bits per heavy atom. The Bertz CT molecular complexity index is 788. The first kappa shape index (κ1) is 23.8. The van der Waals surface area contributed by atoms with Gasteiger partial charge in [0.1, 0.15) is 17.4 Å². The zero-order valence-corrected chi connectivity index (χ0v) is 19.2. The number of nitrogens with one attached hydrogen (secondary N) is 1. The third-order valence-corrected chi connectivity index (χ3v) is 6.14. The summed E-state index contributed by atoms with van der Waals surface area (Å²) < 4.78 is 5.18. The van der Waals surface area contributed by atoms with E-state index in [-0.39, 0.29) is 23.9 Å². The van der Waals surface area contributed by atoms with Crippen molar-refractivity contribution in [2.24, 2.45) is 0 Å². The van der Waals surface area contributed by atoms with Gasteiger partial charge in [0.25, 0.3) is 0 Å². The maximum atomic E-state index is 13.0. The summed E-state index contributed by atoms with van der Waals surface area (Å²) in [5.74, 6) is -0.923. The maximum absolute atomic E-state index is 13.0. The molecule has 8 heteroatoms. The number of allylic oxidation sites excluding steroid dienone is 4. The van der Waals surface area contributed by atoms with Gasteiger partial charge in [-0.3, -0.25) is 14.4 Å². The van der Waals surface area contributed by atoms with Crippen LogP contribution < -0.4 is 5.32 Å². The van der Waals surface area contributed by atoms with E-state index in [1.807, 2.05) is 6.08 Å². The molecule has 7 nitrogen and oxygen atoms in total. The van der Waals surface area contributed by atoms with Crippen molar-refractivity contribution >= 4 is 25.7 Å². The summed E-state index contributed by atoms with van der Waals surface area (Å²) in [5, 5.41) is 13.8. The number of nitrogens with zero attached hydrogens (tertiary/aromatic N) is 1. The lowest BCUT2D eigenvalue weighted by Crippen LogP contribution is -2.52. The minimum absolute atomic E-state index is 0.0529. The molecule has 2 amide bonds. The van der Waals surface area contributed by atoms with Crippen molar-refractivity contribution in [3.05, 3.63) is 47.9 Å². The van der Waals surface area contributed by atoms with E-state index in [4.69, 9.17) is 4.74 Å². The number of amides is 2. The first-order valence-corrected chi connectivity index (χ1v) is 13.8. The SMILES string of the molecule is COC1=CC(=O)C=C[C@@]1(O)C[C@H](NC(=O)/C=C/C=C/[Si](C)(C)C)C(=O)N1CCCC1. The molecule has 1 saturated heterocycles. The number of carbonyl (C=O) groups excluding carboxylic acids is 3. The van der Waals surface area contributed by atoms with E-state index in [9.17, 15) is 19.5 Å². The fourth-order valence-corrected chi connectivity index (χ4v) is 4.07. The largest absolute Gasteiger partial charge is 0.498 e. The summed E-state index contributed by atoms with van der Waals surface area (Å²) in [6.07, 6.45) is 10.3. The number of hydrogen-bond acceptors (Lipinski definition) is 5. The molecule has 0 saturated carbocycles. The molecule has 1 heterocycles. The lowest BCUT2D eigenvalue weighted by atomic mass is 9.87. The molecule has 0 radical (unpaired) electrons. The Morgan fingerprint density at radius 2 is 1.97 bits per heavy atom. The monoisotopic (exact) mass is 432 g/mol. The average molecular weight is 433 g/mol. The summed E-state index contributed by atoms with van der Waals surface area (Å²) in [6, 6.07) is -0.956. The van der Waals surface area contributed by atoms with Crippen LogP contribution >= 0.6 is 0 Å². The highest BCUT2D eigenvalue weighted by atomic mass is 28.3. The minimum Gasteiger partial charge on any atom is -0.498 e. The quantitative estimate of drug-likeness (QED) is 0.347. The second-order valence-electron chi connectivity index (χ2n) is 8.75. The van der Waals surface area contributed by atoms with E-state index in [0.29, 0.717) is 13.1 Å². The second kappa shape index (κ2) is 10.0. The standard InChI is InChI=1S/C22H32N2O5Si/c1-29-19-15-17(25)10-11-22(19,28)16-18(21(27)24-12-6-7-13-24)23-20(26)9-5-8-14-30(2,3)4/h5,8-11,14-15,18,28H,6-7,12-13,16H2,1-4H3,(H,23,26)/b9-5+,14-8+/t18-,22+/m0/s1. The molecular weight excluding hydrogens is 400 g/mol. The number of carbonyl (C=O) groups is 3. The van der Waals surface area contributed by atoms with Crippen molar-refractivity contribution in [3.8, 4) is 0 Å². The lowest BCUT2D eigenvalue weighted by Gasteiger charge is -2.33. The van der Waals surface area contributed by atoms with Gasteiger partial charge in [0.2, 0.25) is 11.8 Å². The van der Waals surface area contributed by atoms with Crippen LogP contribution in [-0.2, 0) is 19.1 Å². The predicted octanol–water partition coefficient (Wildman–Crippen LogP) is 1.87. The first-order valence-electron chi connectivity index (χ1n) is 10.2. The number of hydrogen-bond donors (Lipinski definition) is 2. The van der Waals surface area contributed by atoms with Gasteiger partial charge in [-0.25, -0.2) is 0 Å². The van der Waals surface area contributed by atoms with Crippen LogP contribution in [0.15, 0.2) is 47.9 Å². The summed E-state index contributed by atoms with van der Waals surface area (Å²) >= 11 is 0. The fraction of sp³-hybridized carbons (Fsp3) is 0.500. The molecule has 0 aromatic rings. The molecule has 2 aliphatic rings. The number of methoxy groups -OCH3 is 1. The summed E-state index contributed by atoms with van der Waals surface area (Å²) in [4.78, 5) is 38.8. The van der Waals surface area contributed by atoms with Gasteiger partial charge in [0.15, 0.2) is 5.78 Å². The number of likely N-dealkylation sites (tertiary alicyclic amines) is 1. The average Bonchev–Trinajstić information content (AvgIpc) is 3.20. The van der Waals surface area contributed by atoms with Crippen LogP contribution in [0, 0.1) is 0 Å². The van der Waals surface area contributed by atoms with Crippen LogP contribution in [0.5, 0.6) is 0 Å². The minimum atomic E-state index is -1.66. The van der Waals surface area contributed by atoms with Crippen LogP contribution in [0.2, 0.25) is 19.6 Å².